The molecule has 1 aromatic heterocycles. The Morgan fingerprint density at radius 3 is 2.85 bits per heavy atom. The fourth-order valence-electron chi connectivity index (χ4n) is 2.93. The molecule has 0 N–H and O–H groups in total. The molecule has 1 aromatic carbocycles. The van der Waals surface area contributed by atoms with Crippen molar-refractivity contribution < 1.29 is 27.9 Å². The fourth-order valence-corrected chi connectivity index (χ4v) is 2.93. The predicted octanol–water partition coefficient (Wildman–Crippen LogP) is 2.81. The van der Waals surface area contributed by atoms with Crippen molar-refractivity contribution in [1.82, 2.24) is 9.88 Å². The van der Waals surface area contributed by atoms with Crippen LogP contribution in [0.1, 0.15) is 36.1 Å². The zero-order valence-electron chi connectivity index (χ0n) is 15.0. The van der Waals surface area contributed by atoms with E-state index < -0.39 is 0 Å². The first-order valence-electron chi connectivity index (χ1n) is 8.85. The van der Waals surface area contributed by atoms with Crippen LogP contribution in [-0.2, 0) is 16.1 Å². The lowest BCUT2D eigenvalue weighted by atomic mass is 9.98. The highest BCUT2D eigenvalue weighted by atomic mass is 19.1. The van der Waals surface area contributed by atoms with Crippen LogP contribution in [-0.4, -0.2) is 41.5 Å². The van der Waals surface area contributed by atoms with Gasteiger partial charge in [0.25, 0.3) is 5.91 Å². The summed E-state index contributed by atoms with van der Waals surface area (Å²) < 4.78 is 28.7. The van der Waals surface area contributed by atoms with Crippen LogP contribution in [0.25, 0.3) is 0 Å². The second-order valence-electron chi connectivity index (χ2n) is 6.21. The van der Waals surface area contributed by atoms with E-state index in [1.165, 1.54) is 30.5 Å². The standard InChI is InChI=1S/C19H21FN2O5/c1-2-25-19(24)13-4-3-9-22(10-13)18(23)16-11-27-17(21-16)12-26-15-7-5-14(20)6-8-15/h5-8,11,13H,2-4,9-10,12H2,1H3/t13-/m1/s1. The van der Waals surface area contributed by atoms with Gasteiger partial charge in [-0.3, -0.25) is 9.59 Å². The summed E-state index contributed by atoms with van der Waals surface area (Å²) in [6.45, 7) is 2.97. The molecule has 144 valence electrons. The van der Waals surface area contributed by atoms with Gasteiger partial charge in [-0.2, -0.15) is 0 Å². The topological polar surface area (TPSA) is 81.9 Å². The molecule has 0 unspecified atom stereocenters. The minimum atomic E-state index is -0.353. The Balaban J connectivity index is 1.57. The number of rotatable bonds is 6. The lowest BCUT2D eigenvalue weighted by molar-refractivity contribution is -0.149. The quantitative estimate of drug-likeness (QED) is 0.721. The molecular formula is C19H21FN2O5. The van der Waals surface area contributed by atoms with E-state index in [9.17, 15) is 14.0 Å². The van der Waals surface area contributed by atoms with Crippen molar-refractivity contribution in [2.45, 2.75) is 26.4 Å². The molecule has 2 heterocycles. The maximum atomic E-state index is 12.9. The number of hydrogen-bond donors (Lipinski definition) is 0. The molecule has 1 amide bonds. The van der Waals surface area contributed by atoms with Gasteiger partial charge in [0, 0.05) is 13.1 Å². The molecule has 0 aliphatic carbocycles. The number of carbonyl (C=O) groups excluding carboxylic acids is 2. The zero-order valence-corrected chi connectivity index (χ0v) is 15.0. The normalized spacial score (nSPS) is 16.8. The van der Waals surface area contributed by atoms with Crippen molar-refractivity contribution in [3.63, 3.8) is 0 Å². The molecule has 0 radical (unpaired) electrons. The van der Waals surface area contributed by atoms with E-state index in [1.54, 1.807) is 11.8 Å². The third kappa shape index (κ3) is 4.84. The number of halogens is 1. The Labute approximate surface area is 156 Å². The van der Waals surface area contributed by atoms with Crippen molar-refractivity contribution in [3.8, 4) is 5.75 Å². The summed E-state index contributed by atoms with van der Waals surface area (Å²) in [6, 6.07) is 5.56. The summed E-state index contributed by atoms with van der Waals surface area (Å²) in [7, 11) is 0. The molecule has 27 heavy (non-hydrogen) atoms. The zero-order chi connectivity index (χ0) is 19.2. The molecule has 0 saturated carbocycles. The minimum Gasteiger partial charge on any atom is -0.484 e. The molecule has 1 saturated heterocycles. The summed E-state index contributed by atoms with van der Waals surface area (Å²) in [5.41, 5.74) is 0.164. The first-order chi connectivity index (χ1) is 13.1. The second-order valence-corrected chi connectivity index (χ2v) is 6.21. The molecule has 0 bridgehead atoms. The summed E-state index contributed by atoms with van der Waals surface area (Å²) in [6.07, 6.45) is 2.71. The minimum absolute atomic E-state index is 0.0182. The third-order valence-electron chi connectivity index (χ3n) is 4.28. The SMILES string of the molecule is CCOC(=O)[C@@H]1CCCN(C(=O)c2coc(COc3ccc(F)cc3)n2)C1. The molecule has 2 aromatic rings. The Kier molecular flexibility index (Phi) is 6.05. The number of likely N-dealkylation sites (tertiary alicyclic amines) is 1. The summed E-state index contributed by atoms with van der Waals surface area (Å²) in [5, 5.41) is 0. The van der Waals surface area contributed by atoms with Gasteiger partial charge < -0.3 is 18.8 Å². The number of piperidine rings is 1. The molecule has 0 spiro atoms. The highest BCUT2D eigenvalue weighted by Gasteiger charge is 2.30. The predicted molar refractivity (Wildman–Crippen MR) is 92.5 cm³/mol. The van der Waals surface area contributed by atoms with Crippen LogP contribution in [0.3, 0.4) is 0 Å². The van der Waals surface area contributed by atoms with Crippen molar-refractivity contribution >= 4 is 11.9 Å². The van der Waals surface area contributed by atoms with Crippen LogP contribution < -0.4 is 4.74 Å². The smallest absolute Gasteiger partial charge is 0.310 e. The number of amides is 1. The molecule has 1 fully saturated rings. The number of ether oxygens (including phenoxy) is 2. The maximum absolute atomic E-state index is 12.9. The lowest BCUT2D eigenvalue weighted by Gasteiger charge is -2.30. The van der Waals surface area contributed by atoms with Gasteiger partial charge in [0.15, 0.2) is 12.3 Å². The molecular weight excluding hydrogens is 355 g/mol. The summed E-state index contributed by atoms with van der Waals surface area (Å²) in [4.78, 5) is 30.3. The third-order valence-corrected chi connectivity index (χ3v) is 4.28. The Bertz CT molecular complexity index is 790. The van der Waals surface area contributed by atoms with Crippen molar-refractivity contribution in [3.05, 3.63) is 47.9 Å². The van der Waals surface area contributed by atoms with Gasteiger partial charge in [0.2, 0.25) is 5.89 Å². The number of oxazole rings is 1. The van der Waals surface area contributed by atoms with Gasteiger partial charge in [-0.05, 0) is 44.0 Å². The number of hydrogen-bond acceptors (Lipinski definition) is 6. The second kappa shape index (κ2) is 8.66. The van der Waals surface area contributed by atoms with Crippen LogP contribution in [0.4, 0.5) is 4.39 Å². The van der Waals surface area contributed by atoms with Gasteiger partial charge in [0.1, 0.15) is 17.8 Å². The fraction of sp³-hybridized carbons (Fsp3) is 0.421. The first kappa shape index (κ1) is 18.9. The van der Waals surface area contributed by atoms with Gasteiger partial charge in [-0.15, -0.1) is 0 Å². The number of carbonyl (C=O) groups is 2. The van der Waals surface area contributed by atoms with Crippen LogP contribution in [0, 0.1) is 11.7 Å². The van der Waals surface area contributed by atoms with Crippen LogP contribution in [0.2, 0.25) is 0 Å². The maximum Gasteiger partial charge on any atom is 0.310 e. The van der Waals surface area contributed by atoms with E-state index >= 15 is 0 Å². The molecule has 1 aliphatic rings. The molecule has 1 atom stereocenters. The average molecular weight is 376 g/mol. The number of nitrogens with zero attached hydrogens (tertiary/aromatic N) is 2. The lowest BCUT2D eigenvalue weighted by Crippen LogP contribution is -2.43. The Morgan fingerprint density at radius 2 is 2.11 bits per heavy atom. The van der Waals surface area contributed by atoms with E-state index in [4.69, 9.17) is 13.9 Å². The van der Waals surface area contributed by atoms with E-state index in [0.717, 1.165) is 6.42 Å². The molecule has 8 heteroatoms. The number of aromatic nitrogens is 1. The highest BCUT2D eigenvalue weighted by molar-refractivity contribution is 5.92. The number of esters is 1. The van der Waals surface area contributed by atoms with Gasteiger partial charge >= 0.3 is 5.97 Å². The largest absolute Gasteiger partial charge is 0.484 e. The molecule has 3 rings (SSSR count). The van der Waals surface area contributed by atoms with E-state index in [-0.39, 0.29) is 41.8 Å². The summed E-state index contributed by atoms with van der Waals surface area (Å²) in [5.74, 6) is -0.522. The van der Waals surface area contributed by atoms with E-state index in [1.807, 2.05) is 0 Å². The van der Waals surface area contributed by atoms with Crippen molar-refractivity contribution in [2.75, 3.05) is 19.7 Å². The average Bonchev–Trinajstić information content (AvgIpc) is 3.16. The Hall–Kier alpha value is -2.90. The first-order valence-corrected chi connectivity index (χ1v) is 8.85. The monoisotopic (exact) mass is 376 g/mol. The van der Waals surface area contributed by atoms with E-state index in [0.29, 0.717) is 31.9 Å². The van der Waals surface area contributed by atoms with Crippen LogP contribution in [0.15, 0.2) is 34.9 Å². The highest BCUT2D eigenvalue weighted by Crippen LogP contribution is 2.20. The van der Waals surface area contributed by atoms with Gasteiger partial charge in [-0.25, -0.2) is 9.37 Å². The van der Waals surface area contributed by atoms with Crippen molar-refractivity contribution in [2.24, 2.45) is 5.92 Å². The summed E-state index contributed by atoms with van der Waals surface area (Å²) >= 11 is 0. The number of benzene rings is 1. The van der Waals surface area contributed by atoms with Crippen molar-refractivity contribution in [1.29, 1.82) is 0 Å². The van der Waals surface area contributed by atoms with Gasteiger partial charge in [0.05, 0.1) is 12.5 Å². The van der Waals surface area contributed by atoms with Crippen LogP contribution >= 0.6 is 0 Å². The van der Waals surface area contributed by atoms with Crippen LogP contribution in [0.5, 0.6) is 5.75 Å². The van der Waals surface area contributed by atoms with E-state index in [2.05, 4.69) is 4.98 Å². The molecule has 7 nitrogen and oxygen atoms in total. The Morgan fingerprint density at radius 1 is 1.33 bits per heavy atom. The van der Waals surface area contributed by atoms with Gasteiger partial charge in [-0.1, -0.05) is 0 Å². The molecule has 1 aliphatic heterocycles.